The van der Waals surface area contributed by atoms with E-state index < -0.39 is 111 Å². The first-order valence-corrected chi connectivity index (χ1v) is 23.4. The van der Waals surface area contributed by atoms with Gasteiger partial charge in [-0.3, -0.25) is 4.79 Å². The maximum absolute atomic E-state index is 14.4. The fraction of sp³-hybridized carbons (Fsp3) is 0.978. The number of aliphatic hydroxyl groups is 9. The van der Waals surface area contributed by atoms with Gasteiger partial charge >= 0.3 is 0 Å². The lowest BCUT2D eigenvalue weighted by molar-refractivity contribution is -0.370. The Morgan fingerprint density at radius 1 is 0.629 bits per heavy atom. The van der Waals surface area contributed by atoms with Crippen LogP contribution in [0.5, 0.6) is 0 Å². The summed E-state index contributed by atoms with van der Waals surface area (Å²) in [6.45, 7) is 11.6. The van der Waals surface area contributed by atoms with Gasteiger partial charge in [0.05, 0.1) is 31.0 Å². The first-order chi connectivity index (χ1) is 29.3. The summed E-state index contributed by atoms with van der Waals surface area (Å²) in [4.78, 5) is 14.4. The Balaban J connectivity index is 0.917. The lowest BCUT2D eigenvalue weighted by atomic mass is 9.44. The van der Waals surface area contributed by atoms with Crippen LogP contribution < -0.4 is 0 Å². The summed E-state index contributed by atoms with van der Waals surface area (Å²) in [6, 6.07) is 0. The number of ketones is 1. The molecule has 0 amide bonds. The summed E-state index contributed by atoms with van der Waals surface area (Å²) in [5.74, 6) is 1.60. The van der Waals surface area contributed by atoms with Gasteiger partial charge in [-0.15, -0.1) is 0 Å². The number of rotatable bonds is 9. The fourth-order valence-corrected chi connectivity index (χ4v) is 13.8. The number of fused-ring (bicyclic) bond motifs is 5. The van der Waals surface area contributed by atoms with E-state index in [0.29, 0.717) is 37.0 Å². The summed E-state index contributed by atoms with van der Waals surface area (Å²) in [7, 11) is 0. The Kier molecular flexibility index (Phi) is 14.0. The van der Waals surface area contributed by atoms with Gasteiger partial charge in [-0.2, -0.15) is 0 Å². The van der Waals surface area contributed by atoms with Crippen molar-refractivity contribution in [3.05, 3.63) is 0 Å². The largest absolute Gasteiger partial charge is 0.394 e. The van der Waals surface area contributed by atoms with Crippen molar-refractivity contribution >= 4 is 5.78 Å². The zero-order valence-electron chi connectivity index (χ0n) is 37.0. The summed E-state index contributed by atoms with van der Waals surface area (Å²) in [6.07, 6.45) is -13.0. The van der Waals surface area contributed by atoms with Crippen LogP contribution in [0.2, 0.25) is 0 Å². The molecule has 0 bridgehead atoms. The second kappa shape index (κ2) is 18.3. The topological polar surface area (TPSA) is 264 Å². The molecule has 27 atom stereocenters. The predicted octanol–water partition coefficient (Wildman–Crippen LogP) is 0.483. The van der Waals surface area contributed by atoms with Crippen LogP contribution in [-0.2, 0) is 38.0 Å². The Morgan fingerprint density at radius 3 is 1.89 bits per heavy atom. The average Bonchev–Trinajstić information content (AvgIpc) is 3.60. The van der Waals surface area contributed by atoms with E-state index in [0.717, 1.165) is 44.9 Å². The van der Waals surface area contributed by atoms with E-state index in [9.17, 15) is 50.8 Å². The molecule has 4 aliphatic heterocycles. The highest BCUT2D eigenvalue weighted by Gasteiger charge is 2.64. The maximum Gasteiger partial charge on any atom is 0.189 e. The van der Waals surface area contributed by atoms with Gasteiger partial charge in [-0.1, -0.05) is 27.7 Å². The molecule has 0 spiro atoms. The molecule has 4 aliphatic carbocycles. The summed E-state index contributed by atoms with van der Waals surface area (Å²) in [5, 5.41) is 94.4. The number of carbonyl (C=O) groups is 1. The monoisotopic (exact) mass is 886 g/mol. The first kappa shape index (κ1) is 47.5. The van der Waals surface area contributed by atoms with Gasteiger partial charge in [0, 0.05) is 18.3 Å². The van der Waals surface area contributed by atoms with Crippen LogP contribution in [0.25, 0.3) is 0 Å². The van der Waals surface area contributed by atoms with Crippen LogP contribution in [0.4, 0.5) is 0 Å². The lowest BCUT2D eigenvalue weighted by Gasteiger charge is -2.61. The Morgan fingerprint density at radius 2 is 1.24 bits per heavy atom. The van der Waals surface area contributed by atoms with Crippen LogP contribution >= 0.6 is 0 Å². The highest BCUT2D eigenvalue weighted by Crippen LogP contribution is 2.68. The quantitative estimate of drug-likeness (QED) is 0.143. The fourth-order valence-electron chi connectivity index (χ4n) is 13.8. The Bertz CT molecular complexity index is 1560. The summed E-state index contributed by atoms with van der Waals surface area (Å²) in [5.41, 5.74) is -0.222. The zero-order valence-corrected chi connectivity index (χ0v) is 37.0. The molecule has 0 unspecified atom stereocenters. The maximum atomic E-state index is 14.4. The van der Waals surface area contributed by atoms with Crippen molar-refractivity contribution in [3.63, 3.8) is 0 Å². The summed E-state index contributed by atoms with van der Waals surface area (Å²) >= 11 is 0. The highest BCUT2D eigenvalue weighted by atomic mass is 16.8. The molecule has 17 heteroatoms. The van der Waals surface area contributed by atoms with Crippen LogP contribution in [0, 0.1) is 52.3 Å². The van der Waals surface area contributed by atoms with Crippen LogP contribution in [0.3, 0.4) is 0 Å². The third kappa shape index (κ3) is 8.27. The van der Waals surface area contributed by atoms with Crippen LogP contribution in [0.15, 0.2) is 0 Å². The van der Waals surface area contributed by atoms with Crippen molar-refractivity contribution in [2.75, 3.05) is 6.61 Å². The van der Waals surface area contributed by atoms with E-state index in [2.05, 4.69) is 27.7 Å². The third-order valence-corrected chi connectivity index (χ3v) is 17.7. The van der Waals surface area contributed by atoms with Gasteiger partial charge in [0.15, 0.2) is 25.2 Å². The van der Waals surface area contributed by atoms with Crippen molar-refractivity contribution in [3.8, 4) is 0 Å². The zero-order chi connectivity index (χ0) is 44.7. The highest BCUT2D eigenvalue weighted by molar-refractivity contribution is 5.83. The Labute approximate surface area is 364 Å². The smallest absolute Gasteiger partial charge is 0.189 e. The molecule has 4 saturated carbocycles. The molecule has 0 radical (unpaired) electrons. The molecule has 4 heterocycles. The van der Waals surface area contributed by atoms with Gasteiger partial charge in [0.1, 0.15) is 66.8 Å². The molecule has 17 nitrogen and oxygen atoms in total. The minimum absolute atomic E-state index is 0.0229. The minimum atomic E-state index is -1.67. The number of aliphatic hydroxyl groups excluding tert-OH is 9. The lowest BCUT2D eigenvalue weighted by Crippen LogP contribution is -2.64. The molecule has 62 heavy (non-hydrogen) atoms. The molecule has 4 saturated heterocycles. The van der Waals surface area contributed by atoms with Crippen molar-refractivity contribution < 1.29 is 83.9 Å². The first-order valence-electron chi connectivity index (χ1n) is 23.4. The third-order valence-electron chi connectivity index (χ3n) is 17.7. The van der Waals surface area contributed by atoms with Gasteiger partial charge in [0.2, 0.25) is 0 Å². The number of carbonyl (C=O) groups excluding carboxylic acids is 1. The molecule has 8 aliphatic rings. The van der Waals surface area contributed by atoms with E-state index in [1.54, 1.807) is 6.92 Å². The molecule has 9 N–H and O–H groups in total. The van der Waals surface area contributed by atoms with Crippen molar-refractivity contribution in [1.82, 2.24) is 0 Å². The number of hydrogen-bond acceptors (Lipinski definition) is 17. The average molecular weight is 887 g/mol. The molecule has 8 fully saturated rings. The van der Waals surface area contributed by atoms with Gasteiger partial charge < -0.3 is 79.1 Å². The van der Waals surface area contributed by atoms with Gasteiger partial charge in [-0.25, -0.2) is 0 Å². The van der Waals surface area contributed by atoms with Gasteiger partial charge in [-0.05, 0) is 112 Å². The van der Waals surface area contributed by atoms with Crippen molar-refractivity contribution in [2.45, 2.75) is 216 Å². The normalized spacial score (nSPS) is 56.4. The number of hydrogen-bond donors (Lipinski definition) is 9. The second-order valence-corrected chi connectivity index (χ2v) is 21.1. The molecule has 0 aromatic heterocycles. The van der Waals surface area contributed by atoms with Crippen molar-refractivity contribution in [2.24, 2.45) is 52.3 Å². The van der Waals surface area contributed by atoms with Gasteiger partial charge in [0.25, 0.3) is 0 Å². The number of ether oxygens (including phenoxy) is 7. The van der Waals surface area contributed by atoms with E-state index in [1.165, 1.54) is 6.92 Å². The van der Waals surface area contributed by atoms with E-state index in [-0.39, 0.29) is 46.4 Å². The van der Waals surface area contributed by atoms with Crippen LogP contribution in [-0.4, -0.2) is 169 Å². The molecule has 0 aromatic carbocycles. The van der Waals surface area contributed by atoms with Crippen molar-refractivity contribution in [1.29, 1.82) is 0 Å². The van der Waals surface area contributed by atoms with E-state index in [1.807, 2.05) is 0 Å². The molecule has 0 aromatic rings. The molecular formula is C45H74O17. The molecule has 356 valence electrons. The second-order valence-electron chi connectivity index (χ2n) is 21.1. The van der Waals surface area contributed by atoms with E-state index in [4.69, 9.17) is 33.2 Å². The van der Waals surface area contributed by atoms with Crippen LogP contribution in [0.1, 0.15) is 106 Å². The predicted molar refractivity (Wildman–Crippen MR) is 215 cm³/mol. The van der Waals surface area contributed by atoms with E-state index >= 15 is 0 Å². The Hall–Kier alpha value is -0.970. The SMILES string of the molecule is C[C@H]([C@@H]1CC[C@@H](C)[C@H](O[C@H]2O[C@@H](C)[C@H](O)[C@@H](O)[C@H]2O)O1)[C@H]1CC[C@@H]2[C@@H]3CC(=O)[C@H]4C[C@@H](O[C@@H]5O[C@H](CO)[C@@H](O)[C@H](O)[C@H]5O[C@H]5O[C@@H](C)[C@H](O)[C@@H](O)[C@H]5O)CC[C@]4(C)[C@H]3CC[C@]12C. The number of Topliss-reactive ketones (excluding diaryl/α,β-unsaturated/α-hetero) is 1. The molecule has 8 rings (SSSR count). The molecular weight excluding hydrogens is 812 g/mol. The standard InChI is InChI=1S/C45H74O17/c1-18-7-10-29(59-40(18)62-42-38(55)35(52)32(49)21(4)57-42)19(2)24-8-9-25-23-16-28(47)27-15-22(11-13-45(27,6)26(23)12-14-44(24,25)5)58-43-39(36(53)33(50)30(17-46)60-43)61-41-37(54)34(51)31(48)20(3)56-41/h18-27,29-43,46,48-55H,7-17H2,1-6H3/t18-,19+,20+,21+,22+,23+,24-,25-,26+,27-,29+,30-,31+,32+,33-,34-,35-,36+,37-,38-,39-,40+,41-,42-,43-,44-,45-/m1/s1. The summed E-state index contributed by atoms with van der Waals surface area (Å²) < 4.78 is 42.7. The minimum Gasteiger partial charge on any atom is -0.394 e.